The topological polar surface area (TPSA) is 93.1 Å². The number of para-hydroxylation sites is 1. The average molecular weight is 376 g/mol. The van der Waals surface area contributed by atoms with E-state index in [1.165, 1.54) is 7.05 Å². The molecular formula is C18H24N4O3S. The molecule has 0 saturated carbocycles. The van der Waals surface area contributed by atoms with Crippen molar-refractivity contribution in [3.8, 4) is 0 Å². The Morgan fingerprint density at radius 1 is 1.19 bits per heavy atom. The van der Waals surface area contributed by atoms with Crippen molar-refractivity contribution in [3.05, 3.63) is 34.6 Å². The SMILES string of the molecule is CCCCCCn1c(SCC(=O)NC(=O)NC)nc2ccccc2c1=O. The van der Waals surface area contributed by atoms with Gasteiger partial charge in [-0.2, -0.15) is 0 Å². The van der Waals surface area contributed by atoms with Crippen molar-refractivity contribution in [2.75, 3.05) is 12.8 Å². The maximum absolute atomic E-state index is 12.8. The van der Waals surface area contributed by atoms with E-state index in [-0.39, 0.29) is 11.3 Å². The van der Waals surface area contributed by atoms with E-state index in [2.05, 4.69) is 22.5 Å². The first kappa shape index (κ1) is 20.0. The van der Waals surface area contributed by atoms with E-state index in [9.17, 15) is 14.4 Å². The van der Waals surface area contributed by atoms with Crippen LogP contribution in [0.2, 0.25) is 0 Å². The number of amides is 3. The van der Waals surface area contributed by atoms with Crippen LogP contribution in [0.4, 0.5) is 4.79 Å². The molecule has 2 aromatic rings. The van der Waals surface area contributed by atoms with Crippen molar-refractivity contribution in [3.63, 3.8) is 0 Å². The van der Waals surface area contributed by atoms with Gasteiger partial charge in [-0.3, -0.25) is 19.5 Å². The fourth-order valence-corrected chi connectivity index (χ4v) is 3.33. The molecule has 1 aromatic carbocycles. The molecular weight excluding hydrogens is 352 g/mol. The number of carbonyl (C=O) groups is 2. The van der Waals surface area contributed by atoms with Gasteiger partial charge in [-0.1, -0.05) is 50.1 Å². The second-order valence-electron chi connectivity index (χ2n) is 5.84. The molecule has 0 radical (unpaired) electrons. The van der Waals surface area contributed by atoms with Gasteiger partial charge in [0.25, 0.3) is 5.56 Å². The van der Waals surface area contributed by atoms with Crippen LogP contribution >= 0.6 is 11.8 Å². The molecule has 0 bridgehead atoms. The number of rotatable bonds is 8. The summed E-state index contributed by atoms with van der Waals surface area (Å²) in [5.74, 6) is -0.429. The Morgan fingerprint density at radius 2 is 1.96 bits per heavy atom. The zero-order valence-corrected chi connectivity index (χ0v) is 15.9. The summed E-state index contributed by atoms with van der Waals surface area (Å²) in [6.07, 6.45) is 4.15. The third-order valence-electron chi connectivity index (χ3n) is 3.87. The van der Waals surface area contributed by atoms with Gasteiger partial charge in [-0.15, -0.1) is 0 Å². The van der Waals surface area contributed by atoms with Gasteiger partial charge in [0.05, 0.1) is 16.7 Å². The summed E-state index contributed by atoms with van der Waals surface area (Å²) in [6, 6.07) is 6.63. The molecule has 0 aliphatic heterocycles. The quantitative estimate of drug-likeness (QED) is 0.419. The molecule has 2 rings (SSSR count). The van der Waals surface area contributed by atoms with E-state index >= 15 is 0 Å². The first-order valence-corrected chi connectivity index (χ1v) is 9.69. The van der Waals surface area contributed by atoms with Gasteiger partial charge in [0.1, 0.15) is 0 Å². The lowest BCUT2D eigenvalue weighted by molar-refractivity contribution is -0.117. The van der Waals surface area contributed by atoms with Crippen LogP contribution < -0.4 is 16.2 Å². The summed E-state index contributed by atoms with van der Waals surface area (Å²) in [5.41, 5.74) is 0.512. The summed E-state index contributed by atoms with van der Waals surface area (Å²) >= 11 is 1.16. The maximum atomic E-state index is 12.8. The number of hydrogen-bond acceptors (Lipinski definition) is 5. The molecule has 0 aliphatic rings. The van der Waals surface area contributed by atoms with Crippen LogP contribution in [-0.2, 0) is 11.3 Å². The highest BCUT2D eigenvalue weighted by Gasteiger charge is 2.14. The largest absolute Gasteiger partial charge is 0.341 e. The zero-order chi connectivity index (χ0) is 18.9. The van der Waals surface area contributed by atoms with E-state index in [0.29, 0.717) is 22.6 Å². The third-order valence-corrected chi connectivity index (χ3v) is 4.85. The molecule has 0 fully saturated rings. The summed E-state index contributed by atoms with van der Waals surface area (Å²) in [4.78, 5) is 40.4. The number of fused-ring (bicyclic) bond motifs is 1. The number of benzene rings is 1. The van der Waals surface area contributed by atoms with Gasteiger partial charge in [0.15, 0.2) is 5.16 Å². The van der Waals surface area contributed by atoms with Crippen molar-refractivity contribution >= 4 is 34.6 Å². The molecule has 0 unspecified atom stereocenters. The van der Waals surface area contributed by atoms with Crippen molar-refractivity contribution < 1.29 is 9.59 Å². The fraction of sp³-hybridized carbons (Fsp3) is 0.444. The molecule has 26 heavy (non-hydrogen) atoms. The van der Waals surface area contributed by atoms with Crippen LogP contribution in [-0.4, -0.2) is 34.3 Å². The van der Waals surface area contributed by atoms with Crippen LogP contribution in [0, 0.1) is 0 Å². The van der Waals surface area contributed by atoms with Crippen molar-refractivity contribution in [1.29, 1.82) is 0 Å². The maximum Gasteiger partial charge on any atom is 0.321 e. The first-order chi connectivity index (χ1) is 12.6. The summed E-state index contributed by atoms with van der Waals surface area (Å²) in [5, 5.41) is 5.60. The predicted octanol–water partition coefficient (Wildman–Crippen LogP) is 2.52. The third kappa shape index (κ3) is 5.32. The molecule has 1 heterocycles. The van der Waals surface area contributed by atoms with Gasteiger partial charge in [-0.05, 0) is 18.6 Å². The molecule has 0 saturated heterocycles. The van der Waals surface area contributed by atoms with Crippen LogP contribution in [0.15, 0.2) is 34.2 Å². The monoisotopic (exact) mass is 376 g/mol. The Hall–Kier alpha value is -2.35. The standard InChI is InChI=1S/C18H24N4O3S/c1-3-4-5-8-11-22-16(24)13-9-6-7-10-14(13)20-18(22)26-12-15(23)21-17(25)19-2/h6-7,9-10H,3-5,8,11-12H2,1-2H3,(H2,19,21,23,25). The molecule has 3 amide bonds. The van der Waals surface area contributed by atoms with Crippen molar-refractivity contribution in [2.24, 2.45) is 0 Å². The van der Waals surface area contributed by atoms with Gasteiger partial charge in [-0.25, -0.2) is 9.78 Å². The number of nitrogens with one attached hydrogen (secondary N) is 2. The van der Waals surface area contributed by atoms with E-state index in [0.717, 1.165) is 37.4 Å². The van der Waals surface area contributed by atoms with E-state index < -0.39 is 11.9 Å². The van der Waals surface area contributed by atoms with E-state index in [1.807, 2.05) is 12.1 Å². The number of nitrogens with zero attached hydrogens (tertiary/aromatic N) is 2. The highest BCUT2D eigenvalue weighted by molar-refractivity contribution is 7.99. The van der Waals surface area contributed by atoms with E-state index in [4.69, 9.17) is 0 Å². The normalized spacial score (nSPS) is 10.7. The number of imide groups is 1. The van der Waals surface area contributed by atoms with Gasteiger partial charge in [0.2, 0.25) is 5.91 Å². The lowest BCUT2D eigenvalue weighted by Gasteiger charge is -2.13. The number of unbranched alkanes of at least 4 members (excludes halogenated alkanes) is 3. The van der Waals surface area contributed by atoms with Gasteiger partial charge in [0, 0.05) is 13.6 Å². The second kappa shape index (κ2) is 9.96. The highest BCUT2D eigenvalue weighted by Crippen LogP contribution is 2.18. The molecule has 0 spiro atoms. The van der Waals surface area contributed by atoms with Crippen molar-refractivity contribution in [1.82, 2.24) is 20.2 Å². The number of urea groups is 1. The Labute approximate surface area is 156 Å². The Balaban J connectivity index is 2.22. The van der Waals surface area contributed by atoms with Crippen LogP contribution in [0.5, 0.6) is 0 Å². The van der Waals surface area contributed by atoms with E-state index in [1.54, 1.807) is 16.7 Å². The van der Waals surface area contributed by atoms with Crippen LogP contribution in [0.1, 0.15) is 32.6 Å². The molecule has 7 nitrogen and oxygen atoms in total. The minimum atomic E-state index is -0.556. The molecule has 0 aliphatic carbocycles. The fourth-order valence-electron chi connectivity index (χ4n) is 2.51. The molecule has 8 heteroatoms. The lowest BCUT2D eigenvalue weighted by atomic mass is 10.2. The number of aromatic nitrogens is 2. The summed E-state index contributed by atoms with van der Waals surface area (Å²) in [6.45, 7) is 2.70. The second-order valence-corrected chi connectivity index (χ2v) is 6.79. The average Bonchev–Trinajstić information content (AvgIpc) is 2.65. The molecule has 0 atom stereocenters. The van der Waals surface area contributed by atoms with Crippen molar-refractivity contribution in [2.45, 2.75) is 44.3 Å². The van der Waals surface area contributed by atoms with Gasteiger partial charge >= 0.3 is 6.03 Å². The van der Waals surface area contributed by atoms with Crippen LogP contribution in [0.25, 0.3) is 10.9 Å². The van der Waals surface area contributed by atoms with Gasteiger partial charge < -0.3 is 5.32 Å². The number of thioether (sulfide) groups is 1. The minimum absolute atomic E-state index is 0.00710. The Kier molecular flexibility index (Phi) is 7.65. The zero-order valence-electron chi connectivity index (χ0n) is 15.1. The predicted molar refractivity (Wildman–Crippen MR) is 103 cm³/mol. The number of hydrogen-bond donors (Lipinski definition) is 2. The van der Waals surface area contributed by atoms with Crippen LogP contribution in [0.3, 0.4) is 0 Å². The summed E-state index contributed by atoms with van der Waals surface area (Å²) in [7, 11) is 1.44. The lowest BCUT2D eigenvalue weighted by Crippen LogP contribution is -2.38. The molecule has 1 aromatic heterocycles. The number of carbonyl (C=O) groups excluding carboxylic acids is 2. The molecule has 140 valence electrons. The highest BCUT2D eigenvalue weighted by atomic mass is 32.2. The Bertz CT molecular complexity index is 835. The summed E-state index contributed by atoms with van der Waals surface area (Å²) < 4.78 is 1.63. The Morgan fingerprint density at radius 3 is 2.69 bits per heavy atom. The first-order valence-electron chi connectivity index (χ1n) is 8.70. The smallest absolute Gasteiger partial charge is 0.321 e. The molecule has 2 N–H and O–H groups in total. The minimum Gasteiger partial charge on any atom is -0.341 e.